The fourth-order valence-corrected chi connectivity index (χ4v) is 0.996. The summed E-state index contributed by atoms with van der Waals surface area (Å²) >= 11 is 0. The Morgan fingerprint density at radius 1 is 1.24 bits per heavy atom. The van der Waals surface area contributed by atoms with Gasteiger partial charge in [-0.25, -0.2) is 4.79 Å². The van der Waals surface area contributed by atoms with Gasteiger partial charge in [-0.1, -0.05) is 0 Å². The molecule has 0 aromatic rings. The van der Waals surface area contributed by atoms with Gasteiger partial charge in [0.2, 0.25) is 0 Å². The van der Waals surface area contributed by atoms with Crippen LogP contribution in [0.2, 0.25) is 0 Å². The minimum Gasteiger partial charge on any atom is -1.00 e. The van der Waals surface area contributed by atoms with Crippen LogP contribution in [-0.2, 0) is 14.4 Å². The van der Waals surface area contributed by atoms with Crippen LogP contribution >= 0.6 is 0 Å². The van der Waals surface area contributed by atoms with E-state index < -0.39 is 24.4 Å². The molecule has 0 aromatic carbocycles. The minimum absolute atomic E-state index is 0. The normalized spacial score (nSPS) is 11.5. The van der Waals surface area contributed by atoms with Crippen LogP contribution < -0.4 is 64.4 Å². The first kappa shape index (κ1) is 22.3. The Bertz CT molecular complexity index is 326. The van der Waals surface area contributed by atoms with E-state index in [0.29, 0.717) is 5.70 Å². The number of hydrogen-bond acceptors (Lipinski definition) is 4. The number of carbonyl (C=O) groups is 3. The molecule has 3 N–H and O–H groups in total. The number of rotatable bonds is 6. The molecule has 1 atom stereocenters. The Hall–Kier alpha value is 0.150. The molecule has 0 fully saturated rings. The van der Waals surface area contributed by atoms with E-state index in [1.807, 2.05) is 0 Å². The summed E-state index contributed by atoms with van der Waals surface area (Å²) in [4.78, 5) is 31.6. The van der Waals surface area contributed by atoms with Gasteiger partial charge in [0.15, 0.2) is 5.78 Å². The monoisotopic (exact) mass is 263 g/mol. The number of carboxylic acid groups (broad SMARTS) is 2. The minimum atomic E-state index is -1.27. The first-order valence-electron chi connectivity index (χ1n) is 4.23. The predicted molar refractivity (Wildman–Crippen MR) is 53.5 cm³/mol. The van der Waals surface area contributed by atoms with Crippen molar-refractivity contribution in [2.45, 2.75) is 26.3 Å². The first-order chi connectivity index (χ1) is 6.82. The second-order valence-corrected chi connectivity index (χ2v) is 3.07. The molecule has 8 heteroatoms. The van der Waals surface area contributed by atoms with Crippen LogP contribution in [0.15, 0.2) is 11.8 Å². The summed E-state index contributed by atoms with van der Waals surface area (Å²) in [7, 11) is 0. The maximum atomic E-state index is 10.6. The Kier molecular flexibility index (Phi) is 14.8. The molecule has 6 nitrogen and oxygen atoms in total. The Morgan fingerprint density at radius 2 is 1.71 bits per heavy atom. The second kappa shape index (κ2) is 11.3. The molecule has 17 heavy (non-hydrogen) atoms. The van der Waals surface area contributed by atoms with E-state index in [2.05, 4.69) is 5.32 Å². The first-order valence-corrected chi connectivity index (χ1v) is 4.23. The van der Waals surface area contributed by atoms with Gasteiger partial charge >= 0.3 is 71.1 Å². The van der Waals surface area contributed by atoms with Crippen LogP contribution in [0.3, 0.4) is 0 Å². The molecule has 0 rings (SSSR count). The smallest absolute Gasteiger partial charge is 1.00 e. The van der Waals surface area contributed by atoms with Crippen LogP contribution in [0.5, 0.6) is 0 Å². The summed E-state index contributed by atoms with van der Waals surface area (Å²) in [6.45, 7) is 2.82. The molecular weight excluding hydrogens is 248 g/mol. The molecule has 0 spiro atoms. The van der Waals surface area contributed by atoms with Gasteiger partial charge in [-0.05, 0) is 19.9 Å². The number of aliphatic carboxylic acids is 2. The molecule has 0 saturated carbocycles. The summed E-state index contributed by atoms with van der Waals surface area (Å²) in [5.74, 6) is -2.72. The van der Waals surface area contributed by atoms with Gasteiger partial charge < -0.3 is 18.4 Å². The van der Waals surface area contributed by atoms with E-state index >= 15 is 0 Å². The summed E-state index contributed by atoms with van der Waals surface area (Å²) in [6, 6.07) is -1.22. The van der Waals surface area contributed by atoms with Gasteiger partial charge in [0.25, 0.3) is 0 Å². The summed E-state index contributed by atoms with van der Waals surface area (Å²) < 4.78 is 0. The zero-order valence-electron chi connectivity index (χ0n) is 12.5. The van der Waals surface area contributed by atoms with Gasteiger partial charge in [-0.3, -0.25) is 9.59 Å². The molecule has 0 bridgehead atoms. The van der Waals surface area contributed by atoms with Gasteiger partial charge in [0, 0.05) is 5.70 Å². The zero-order valence-corrected chi connectivity index (χ0v) is 14.5. The maximum Gasteiger partial charge on any atom is 1.00 e. The molecule has 0 unspecified atom stereocenters. The molecule has 0 saturated heterocycles. The van der Waals surface area contributed by atoms with Crippen molar-refractivity contribution < 1.29 is 86.6 Å². The predicted octanol–water partition coefficient (Wildman–Crippen LogP) is -5.77. The topological polar surface area (TPSA) is 104 Å². The zero-order chi connectivity index (χ0) is 12.0. The molecular formula is C9H15NNa2O5. The third-order valence-electron chi connectivity index (χ3n) is 1.50. The van der Waals surface area contributed by atoms with E-state index in [1.54, 1.807) is 0 Å². The fraction of sp³-hybridized carbons (Fsp3) is 0.444. The largest absolute Gasteiger partial charge is 1.00 e. The van der Waals surface area contributed by atoms with Crippen molar-refractivity contribution in [2.75, 3.05) is 0 Å². The van der Waals surface area contributed by atoms with Crippen molar-refractivity contribution in [3.05, 3.63) is 11.8 Å². The Labute approximate surface area is 146 Å². The van der Waals surface area contributed by atoms with Gasteiger partial charge in [-0.15, -0.1) is 0 Å². The number of carbonyl (C=O) groups excluding carboxylic acids is 1. The van der Waals surface area contributed by atoms with Crippen molar-refractivity contribution in [3.63, 3.8) is 0 Å². The third kappa shape index (κ3) is 12.4. The molecule has 0 aliphatic carbocycles. The maximum absolute atomic E-state index is 10.6. The number of hydrogen-bond donors (Lipinski definition) is 3. The van der Waals surface area contributed by atoms with E-state index in [9.17, 15) is 14.4 Å². The molecule has 0 heterocycles. The van der Waals surface area contributed by atoms with Gasteiger partial charge in [0.05, 0.1) is 6.42 Å². The van der Waals surface area contributed by atoms with Crippen molar-refractivity contribution in [1.82, 2.24) is 5.32 Å². The van der Waals surface area contributed by atoms with Gasteiger partial charge in [0.1, 0.15) is 6.04 Å². The molecule has 0 aliphatic heterocycles. The van der Waals surface area contributed by atoms with Crippen LogP contribution in [0.25, 0.3) is 0 Å². The number of allylic oxidation sites excluding steroid dienone is 2. The van der Waals surface area contributed by atoms with Crippen LogP contribution in [0.4, 0.5) is 0 Å². The molecule has 88 valence electrons. The van der Waals surface area contributed by atoms with Crippen molar-refractivity contribution in [2.24, 2.45) is 0 Å². The van der Waals surface area contributed by atoms with Crippen LogP contribution in [0, 0.1) is 0 Å². The average Bonchev–Trinajstić information content (AvgIpc) is 1.99. The van der Waals surface area contributed by atoms with Crippen molar-refractivity contribution in [1.29, 1.82) is 0 Å². The number of ketones is 1. The Morgan fingerprint density at radius 3 is 2.00 bits per heavy atom. The molecule has 0 amide bonds. The van der Waals surface area contributed by atoms with E-state index in [1.165, 1.54) is 19.9 Å². The van der Waals surface area contributed by atoms with Crippen LogP contribution in [0.1, 0.15) is 23.1 Å². The number of nitrogens with one attached hydrogen (secondary N) is 1. The van der Waals surface area contributed by atoms with E-state index in [-0.39, 0.29) is 67.8 Å². The van der Waals surface area contributed by atoms with Crippen molar-refractivity contribution >= 4 is 17.7 Å². The number of carboxylic acids is 2. The third-order valence-corrected chi connectivity index (χ3v) is 1.50. The summed E-state index contributed by atoms with van der Waals surface area (Å²) in [5, 5.41) is 19.5. The summed E-state index contributed by atoms with van der Waals surface area (Å²) in [6.07, 6.45) is 0.663. The SMILES string of the molecule is CC(=O)/C=C(\C)N[C@@H](CC(=O)O)C(=O)O.[H-].[H-].[Na+].[Na+]. The van der Waals surface area contributed by atoms with E-state index in [4.69, 9.17) is 10.2 Å². The molecule has 0 radical (unpaired) electrons. The fourth-order valence-electron chi connectivity index (χ4n) is 0.996. The standard InChI is InChI=1S/C9H13NO5.2Na.2H/c1-5(3-6(2)11)10-7(9(14)15)4-8(12)13;;;;/h3,7,10H,4H2,1-2H3,(H,12,13)(H,14,15);;;;/q;2*+1;2*-1/b5-3+;;;;/t7-;;;;/m0..../s1. The van der Waals surface area contributed by atoms with Crippen LogP contribution in [-0.4, -0.2) is 34.0 Å². The Balaban J connectivity index is -0.000000163. The quantitative estimate of drug-likeness (QED) is 0.326. The van der Waals surface area contributed by atoms with Crippen molar-refractivity contribution in [3.8, 4) is 0 Å². The average molecular weight is 263 g/mol. The van der Waals surface area contributed by atoms with Gasteiger partial charge in [-0.2, -0.15) is 0 Å². The summed E-state index contributed by atoms with van der Waals surface area (Å²) in [5.41, 5.74) is 0.330. The molecule has 0 aliphatic rings. The second-order valence-electron chi connectivity index (χ2n) is 3.07. The molecule has 0 aromatic heterocycles. The van der Waals surface area contributed by atoms with E-state index in [0.717, 1.165) is 0 Å².